The Morgan fingerprint density at radius 1 is 1.71 bits per heavy atom. The molecule has 0 saturated carbocycles. The number of pyridine rings is 1. The third-order valence-electron chi connectivity index (χ3n) is 1.83. The molecule has 0 aromatic carbocycles. The minimum absolute atomic E-state index is 0.000741. The summed E-state index contributed by atoms with van der Waals surface area (Å²) in [7, 11) is 0. The Morgan fingerprint density at radius 2 is 2.35 bits per heavy atom. The first-order valence-electron chi connectivity index (χ1n) is 4.60. The molecule has 90 valence electrons. The summed E-state index contributed by atoms with van der Waals surface area (Å²) in [6, 6.07) is 2.22. The lowest BCUT2D eigenvalue weighted by atomic mass is 10.1. The zero-order valence-corrected chi connectivity index (χ0v) is 8.78. The smallest absolute Gasteiger partial charge is 0.360 e. The van der Waals surface area contributed by atoms with E-state index in [9.17, 15) is 18.7 Å². The minimum Gasteiger partial charge on any atom is -0.504 e. The number of aromatic nitrogens is 1. The third-order valence-corrected chi connectivity index (χ3v) is 1.83. The molecule has 0 saturated heterocycles. The fourth-order valence-electron chi connectivity index (χ4n) is 1.10. The number of esters is 1. The third kappa shape index (κ3) is 2.66. The first-order valence-corrected chi connectivity index (χ1v) is 4.60. The number of nitriles is 1. The fourth-order valence-corrected chi connectivity index (χ4v) is 1.10. The molecule has 0 aliphatic carbocycles. The molecule has 17 heavy (non-hydrogen) atoms. The quantitative estimate of drug-likeness (QED) is 0.816. The van der Waals surface area contributed by atoms with Gasteiger partial charge in [-0.05, 0) is 13.0 Å². The van der Waals surface area contributed by atoms with Crippen LogP contribution >= 0.6 is 0 Å². The number of carbonyl (C=O) groups is 1. The van der Waals surface area contributed by atoms with Gasteiger partial charge < -0.3 is 9.84 Å². The number of rotatable bonds is 3. The van der Waals surface area contributed by atoms with Crippen LogP contribution in [-0.2, 0) is 4.74 Å². The maximum atomic E-state index is 12.4. The van der Waals surface area contributed by atoms with Gasteiger partial charge in [-0.15, -0.1) is 0 Å². The number of carbonyl (C=O) groups excluding carboxylic acids is 1. The topological polar surface area (TPSA) is 83.2 Å². The van der Waals surface area contributed by atoms with Crippen molar-refractivity contribution in [3.8, 4) is 11.8 Å². The average Bonchev–Trinajstić information content (AvgIpc) is 2.29. The Labute approximate surface area is 95.3 Å². The number of hydrogen-bond acceptors (Lipinski definition) is 5. The molecule has 0 aliphatic rings. The summed E-state index contributed by atoms with van der Waals surface area (Å²) in [6.07, 6.45) is -2.95. The van der Waals surface area contributed by atoms with Crippen LogP contribution in [-0.4, -0.2) is 22.7 Å². The highest BCUT2D eigenvalue weighted by Crippen LogP contribution is 2.26. The van der Waals surface area contributed by atoms with Gasteiger partial charge in [0.05, 0.1) is 12.2 Å². The highest BCUT2D eigenvalue weighted by atomic mass is 19.3. The molecule has 0 fully saturated rings. The molecule has 0 aliphatic heterocycles. The van der Waals surface area contributed by atoms with E-state index in [1.165, 1.54) is 13.0 Å². The predicted molar refractivity (Wildman–Crippen MR) is 51.5 cm³/mol. The van der Waals surface area contributed by atoms with Crippen molar-refractivity contribution < 1.29 is 23.4 Å². The lowest BCUT2D eigenvalue weighted by Gasteiger charge is -2.07. The van der Waals surface area contributed by atoms with E-state index in [1.807, 2.05) is 0 Å². The molecule has 1 aromatic rings. The summed E-state index contributed by atoms with van der Waals surface area (Å²) < 4.78 is 29.4. The average molecular weight is 242 g/mol. The van der Waals surface area contributed by atoms with Gasteiger partial charge in [-0.3, -0.25) is 0 Å². The molecule has 1 heterocycles. The first-order chi connectivity index (χ1) is 8.01. The number of ether oxygens (including phenoxy) is 1. The normalized spacial score (nSPS) is 10.1. The molecule has 0 radical (unpaired) electrons. The lowest BCUT2D eigenvalue weighted by molar-refractivity contribution is 0.0514. The van der Waals surface area contributed by atoms with Crippen molar-refractivity contribution in [2.75, 3.05) is 6.61 Å². The van der Waals surface area contributed by atoms with Gasteiger partial charge in [-0.1, -0.05) is 0 Å². The van der Waals surface area contributed by atoms with Gasteiger partial charge in [0.2, 0.25) is 0 Å². The van der Waals surface area contributed by atoms with E-state index in [2.05, 4.69) is 9.72 Å². The summed E-state index contributed by atoms with van der Waals surface area (Å²) in [5.74, 6) is -1.81. The second-order valence-corrected chi connectivity index (χ2v) is 2.92. The van der Waals surface area contributed by atoms with Crippen molar-refractivity contribution in [2.45, 2.75) is 13.3 Å². The molecule has 1 N–H and O–H groups in total. The molecular weight excluding hydrogens is 234 g/mol. The summed E-state index contributed by atoms with van der Waals surface area (Å²) >= 11 is 0. The second-order valence-electron chi connectivity index (χ2n) is 2.92. The van der Waals surface area contributed by atoms with Crippen molar-refractivity contribution >= 4 is 5.97 Å². The van der Waals surface area contributed by atoms with Gasteiger partial charge in [-0.25, -0.2) is 18.6 Å². The van der Waals surface area contributed by atoms with Gasteiger partial charge in [0.15, 0.2) is 11.4 Å². The Morgan fingerprint density at radius 3 is 2.82 bits per heavy atom. The van der Waals surface area contributed by atoms with Gasteiger partial charge in [0.1, 0.15) is 11.8 Å². The maximum Gasteiger partial charge on any atom is 0.360 e. The summed E-state index contributed by atoms with van der Waals surface area (Å²) in [4.78, 5) is 14.6. The molecule has 1 aromatic heterocycles. The van der Waals surface area contributed by atoms with E-state index in [1.54, 1.807) is 0 Å². The number of aromatic hydroxyl groups is 1. The van der Waals surface area contributed by atoms with Crippen LogP contribution in [0.15, 0.2) is 6.07 Å². The Bertz CT molecular complexity index is 483. The molecular formula is C10H8F2N2O3. The van der Waals surface area contributed by atoms with E-state index in [-0.39, 0.29) is 6.61 Å². The van der Waals surface area contributed by atoms with Crippen LogP contribution in [0.4, 0.5) is 8.78 Å². The summed E-state index contributed by atoms with van der Waals surface area (Å²) in [5.41, 5.74) is -1.89. The van der Waals surface area contributed by atoms with E-state index in [0.717, 1.165) is 6.07 Å². The molecule has 0 bridgehead atoms. The summed E-state index contributed by atoms with van der Waals surface area (Å²) in [6.45, 7) is 1.51. The van der Waals surface area contributed by atoms with Crippen LogP contribution in [0.25, 0.3) is 0 Å². The molecule has 0 atom stereocenters. The van der Waals surface area contributed by atoms with Crippen LogP contribution in [0.1, 0.15) is 35.1 Å². The van der Waals surface area contributed by atoms with Crippen LogP contribution in [0, 0.1) is 11.3 Å². The molecule has 7 heteroatoms. The van der Waals surface area contributed by atoms with E-state index < -0.39 is 35.1 Å². The van der Waals surface area contributed by atoms with Crippen molar-refractivity contribution in [1.82, 2.24) is 4.98 Å². The molecule has 5 nitrogen and oxygen atoms in total. The Hall–Kier alpha value is -2.23. The van der Waals surface area contributed by atoms with Crippen LogP contribution < -0.4 is 0 Å². The van der Waals surface area contributed by atoms with E-state index in [0.29, 0.717) is 0 Å². The molecule has 0 unspecified atom stereocenters. The van der Waals surface area contributed by atoms with Gasteiger partial charge in [-0.2, -0.15) is 5.26 Å². The maximum absolute atomic E-state index is 12.4. The van der Waals surface area contributed by atoms with Gasteiger partial charge in [0, 0.05) is 0 Å². The molecule has 0 spiro atoms. The standard InChI is InChI=1S/C10H8F2N2O3/c1-2-17-10(16)7-8(15)5(4-13)3-6(14-7)9(11)12/h3,9,15H,2H2,1H3. The van der Waals surface area contributed by atoms with Crippen molar-refractivity contribution in [1.29, 1.82) is 5.26 Å². The van der Waals surface area contributed by atoms with Crippen molar-refractivity contribution in [3.05, 3.63) is 23.0 Å². The van der Waals surface area contributed by atoms with Gasteiger partial charge in [0.25, 0.3) is 6.43 Å². The first kappa shape index (κ1) is 12.8. The number of halogens is 2. The zero-order valence-electron chi connectivity index (χ0n) is 8.78. The zero-order chi connectivity index (χ0) is 13.0. The number of nitrogens with zero attached hydrogens (tertiary/aromatic N) is 2. The largest absolute Gasteiger partial charge is 0.504 e. The van der Waals surface area contributed by atoms with Crippen molar-refractivity contribution in [3.63, 3.8) is 0 Å². The molecule has 0 amide bonds. The van der Waals surface area contributed by atoms with Crippen LogP contribution in [0.5, 0.6) is 5.75 Å². The Kier molecular flexibility index (Phi) is 3.93. The minimum atomic E-state index is -2.95. The van der Waals surface area contributed by atoms with Gasteiger partial charge >= 0.3 is 5.97 Å². The fraction of sp³-hybridized carbons (Fsp3) is 0.300. The van der Waals surface area contributed by atoms with Crippen molar-refractivity contribution in [2.24, 2.45) is 0 Å². The number of alkyl halides is 2. The highest BCUT2D eigenvalue weighted by Gasteiger charge is 2.22. The monoisotopic (exact) mass is 242 g/mol. The number of hydrogen-bond donors (Lipinski definition) is 1. The Balaban J connectivity index is 3.33. The van der Waals surface area contributed by atoms with E-state index >= 15 is 0 Å². The predicted octanol–water partition coefficient (Wildman–Crippen LogP) is 1.77. The van der Waals surface area contributed by atoms with Crippen LogP contribution in [0.2, 0.25) is 0 Å². The highest BCUT2D eigenvalue weighted by molar-refractivity contribution is 5.91. The second kappa shape index (κ2) is 5.21. The van der Waals surface area contributed by atoms with E-state index in [4.69, 9.17) is 5.26 Å². The lowest BCUT2D eigenvalue weighted by Crippen LogP contribution is -2.10. The van der Waals surface area contributed by atoms with Crippen LogP contribution in [0.3, 0.4) is 0 Å². The molecule has 1 rings (SSSR count). The SMILES string of the molecule is CCOC(=O)c1nc(C(F)F)cc(C#N)c1O. The summed E-state index contributed by atoms with van der Waals surface area (Å²) in [5, 5.41) is 18.1.